The number of nitrogens with zero attached hydrogens (tertiary/aromatic N) is 3. The van der Waals surface area contributed by atoms with Gasteiger partial charge in [0.2, 0.25) is 4.96 Å². The molecule has 7 heteroatoms. The summed E-state index contributed by atoms with van der Waals surface area (Å²) in [6.45, 7) is 2.55. The lowest BCUT2D eigenvalue weighted by Gasteiger charge is -2.01. The van der Waals surface area contributed by atoms with Crippen LogP contribution in [0.4, 0.5) is 0 Å². The number of methoxy groups -OCH3 is 1. The van der Waals surface area contributed by atoms with Crippen molar-refractivity contribution < 1.29 is 13.9 Å². The molecule has 4 rings (SSSR count). The Morgan fingerprint density at radius 3 is 3.05 bits per heavy atom. The molecule has 3 aromatic heterocycles. The van der Waals surface area contributed by atoms with E-state index in [9.17, 15) is 0 Å². The highest BCUT2D eigenvalue weighted by Gasteiger charge is 2.15. The lowest BCUT2D eigenvalue weighted by molar-refractivity contribution is 0.339. The summed E-state index contributed by atoms with van der Waals surface area (Å²) in [5, 5.41) is 5.83. The summed E-state index contributed by atoms with van der Waals surface area (Å²) in [4.78, 5) is 5.29. The van der Waals surface area contributed by atoms with Crippen LogP contribution in [0.5, 0.6) is 10.9 Å². The van der Waals surface area contributed by atoms with Crippen LogP contribution >= 0.6 is 11.3 Å². The van der Waals surface area contributed by atoms with Gasteiger partial charge in [-0.1, -0.05) is 12.1 Å². The Bertz CT molecular complexity index is 922. The van der Waals surface area contributed by atoms with Crippen LogP contribution in [0.1, 0.15) is 6.92 Å². The highest BCUT2D eigenvalue weighted by Crippen LogP contribution is 2.34. The zero-order valence-electron chi connectivity index (χ0n) is 12.1. The molecule has 3 heterocycles. The van der Waals surface area contributed by atoms with Gasteiger partial charge in [0.05, 0.1) is 19.9 Å². The van der Waals surface area contributed by atoms with Crippen molar-refractivity contribution in [3.63, 3.8) is 0 Å². The second-order valence-corrected chi connectivity index (χ2v) is 5.56. The van der Waals surface area contributed by atoms with Gasteiger partial charge in [-0.25, -0.2) is 9.50 Å². The van der Waals surface area contributed by atoms with Crippen LogP contribution < -0.4 is 9.47 Å². The smallest absolute Gasteiger partial charge is 0.294 e. The van der Waals surface area contributed by atoms with Crippen molar-refractivity contribution in [1.29, 1.82) is 0 Å². The number of hydrogen-bond donors (Lipinski definition) is 0. The van der Waals surface area contributed by atoms with Gasteiger partial charge in [0, 0.05) is 5.39 Å². The number of hydrogen-bond acceptors (Lipinski definition) is 6. The van der Waals surface area contributed by atoms with Crippen molar-refractivity contribution in [2.24, 2.45) is 0 Å². The third-order valence-corrected chi connectivity index (χ3v) is 4.14. The maximum Gasteiger partial charge on any atom is 0.294 e. The highest BCUT2D eigenvalue weighted by atomic mass is 32.1. The SMILES string of the molecule is CCOc1cccc2cc(-c3cn4nc(OC)sc4n3)oc12. The van der Waals surface area contributed by atoms with Crippen molar-refractivity contribution in [2.45, 2.75) is 6.92 Å². The Balaban J connectivity index is 1.81. The monoisotopic (exact) mass is 315 g/mol. The molecule has 0 bridgehead atoms. The number of imidazole rings is 1. The van der Waals surface area contributed by atoms with Crippen LogP contribution in [0.3, 0.4) is 0 Å². The summed E-state index contributed by atoms with van der Waals surface area (Å²) < 4.78 is 18.3. The van der Waals surface area contributed by atoms with Crippen molar-refractivity contribution in [3.05, 3.63) is 30.5 Å². The molecule has 6 nitrogen and oxygen atoms in total. The number of rotatable bonds is 4. The number of fused-ring (bicyclic) bond motifs is 2. The standard InChI is InChI=1S/C15H13N3O3S/c1-3-20-11-6-4-5-9-7-12(21-13(9)11)10-8-18-14(16-10)22-15(17-18)19-2/h4-8H,3H2,1-2H3. The van der Waals surface area contributed by atoms with E-state index in [1.165, 1.54) is 11.3 Å². The third-order valence-electron chi connectivity index (χ3n) is 3.26. The molecule has 0 radical (unpaired) electrons. The minimum Gasteiger partial charge on any atom is -0.490 e. The lowest BCUT2D eigenvalue weighted by Crippen LogP contribution is -1.90. The van der Waals surface area contributed by atoms with Gasteiger partial charge in [0.25, 0.3) is 5.19 Å². The Morgan fingerprint density at radius 2 is 2.27 bits per heavy atom. The number of furan rings is 1. The van der Waals surface area contributed by atoms with Crippen molar-refractivity contribution in [2.75, 3.05) is 13.7 Å². The molecule has 0 aliphatic carbocycles. The largest absolute Gasteiger partial charge is 0.490 e. The minimum absolute atomic E-state index is 0.581. The second kappa shape index (κ2) is 5.03. The Kier molecular flexibility index (Phi) is 3.00. The summed E-state index contributed by atoms with van der Waals surface area (Å²) in [5.41, 5.74) is 1.47. The molecule has 0 aliphatic rings. The summed E-state index contributed by atoms with van der Waals surface area (Å²) in [5.74, 6) is 1.44. The fraction of sp³-hybridized carbons (Fsp3) is 0.200. The first-order valence-corrected chi connectivity index (χ1v) is 7.66. The molecule has 0 fully saturated rings. The Morgan fingerprint density at radius 1 is 1.36 bits per heavy atom. The molecule has 0 saturated carbocycles. The summed E-state index contributed by atoms with van der Waals surface area (Å²) in [6, 6.07) is 7.80. The van der Waals surface area contributed by atoms with E-state index in [1.807, 2.05) is 37.4 Å². The van der Waals surface area contributed by atoms with Gasteiger partial charge in [0.15, 0.2) is 17.1 Å². The molecule has 112 valence electrons. The van der Waals surface area contributed by atoms with Crippen LogP contribution in [-0.4, -0.2) is 28.3 Å². The van der Waals surface area contributed by atoms with Crippen LogP contribution in [0.25, 0.3) is 27.4 Å². The lowest BCUT2D eigenvalue weighted by atomic mass is 10.2. The topological polar surface area (TPSA) is 61.8 Å². The third kappa shape index (κ3) is 2.01. The number of benzene rings is 1. The van der Waals surface area contributed by atoms with E-state index in [4.69, 9.17) is 13.9 Å². The number of ether oxygens (including phenoxy) is 2. The Labute approximate surface area is 129 Å². The van der Waals surface area contributed by atoms with E-state index in [2.05, 4.69) is 10.1 Å². The van der Waals surface area contributed by atoms with Gasteiger partial charge >= 0.3 is 0 Å². The molecule has 22 heavy (non-hydrogen) atoms. The normalized spacial score (nSPS) is 11.4. The molecule has 0 unspecified atom stereocenters. The first-order valence-electron chi connectivity index (χ1n) is 6.84. The van der Waals surface area contributed by atoms with Crippen molar-refractivity contribution in [1.82, 2.24) is 14.6 Å². The first-order chi connectivity index (χ1) is 10.8. The van der Waals surface area contributed by atoms with Crippen LogP contribution in [0.15, 0.2) is 34.9 Å². The van der Waals surface area contributed by atoms with Gasteiger partial charge in [-0.3, -0.25) is 0 Å². The minimum atomic E-state index is 0.581. The molecule has 0 aliphatic heterocycles. The maximum atomic E-state index is 5.94. The predicted octanol–water partition coefficient (Wildman–Crippen LogP) is 3.61. The van der Waals surface area contributed by atoms with E-state index >= 15 is 0 Å². The molecule has 0 saturated heterocycles. The maximum absolute atomic E-state index is 5.94. The van der Waals surface area contributed by atoms with Crippen LogP contribution in [0.2, 0.25) is 0 Å². The Hall–Kier alpha value is -2.54. The molecular weight excluding hydrogens is 302 g/mol. The zero-order valence-corrected chi connectivity index (χ0v) is 12.9. The molecule has 4 aromatic rings. The molecule has 0 N–H and O–H groups in total. The van der Waals surface area contributed by atoms with E-state index in [1.54, 1.807) is 11.6 Å². The highest BCUT2D eigenvalue weighted by molar-refractivity contribution is 7.18. The van der Waals surface area contributed by atoms with Gasteiger partial charge in [0.1, 0.15) is 5.69 Å². The van der Waals surface area contributed by atoms with Crippen molar-refractivity contribution >= 4 is 27.3 Å². The summed E-state index contributed by atoms with van der Waals surface area (Å²) in [6.07, 6.45) is 1.83. The molecule has 0 spiro atoms. The quantitative estimate of drug-likeness (QED) is 0.575. The van der Waals surface area contributed by atoms with Crippen LogP contribution in [-0.2, 0) is 0 Å². The van der Waals surface area contributed by atoms with Gasteiger partial charge in [-0.05, 0) is 30.4 Å². The van der Waals surface area contributed by atoms with Gasteiger partial charge in [-0.2, -0.15) is 0 Å². The fourth-order valence-electron chi connectivity index (χ4n) is 2.31. The van der Waals surface area contributed by atoms with Crippen molar-refractivity contribution in [3.8, 4) is 22.4 Å². The van der Waals surface area contributed by atoms with E-state index in [-0.39, 0.29) is 0 Å². The van der Waals surface area contributed by atoms with E-state index in [0.717, 1.165) is 27.4 Å². The fourth-order valence-corrected chi connectivity index (χ4v) is 3.01. The number of para-hydroxylation sites is 1. The number of aromatic nitrogens is 3. The average Bonchev–Trinajstić information content (AvgIpc) is 3.19. The molecule has 1 aromatic carbocycles. The van der Waals surface area contributed by atoms with Gasteiger partial charge in [-0.15, -0.1) is 5.10 Å². The predicted molar refractivity (Wildman–Crippen MR) is 83.8 cm³/mol. The van der Waals surface area contributed by atoms with E-state index in [0.29, 0.717) is 17.6 Å². The first kappa shape index (κ1) is 13.1. The van der Waals surface area contributed by atoms with Crippen LogP contribution in [0, 0.1) is 0 Å². The summed E-state index contributed by atoms with van der Waals surface area (Å²) >= 11 is 1.38. The molecule has 0 atom stereocenters. The zero-order chi connectivity index (χ0) is 15.1. The summed E-state index contributed by atoms with van der Waals surface area (Å²) in [7, 11) is 1.59. The molecular formula is C15H13N3O3S. The van der Waals surface area contributed by atoms with E-state index < -0.39 is 0 Å². The van der Waals surface area contributed by atoms with Gasteiger partial charge < -0.3 is 13.9 Å². The average molecular weight is 315 g/mol. The second-order valence-electron chi connectivity index (χ2n) is 4.64. The molecule has 0 amide bonds.